The summed E-state index contributed by atoms with van der Waals surface area (Å²) in [6.45, 7) is 3.59. The maximum absolute atomic E-state index is 12.7. The summed E-state index contributed by atoms with van der Waals surface area (Å²) in [5.41, 5.74) is 5.09. The number of carbonyl (C=O) groups excluding carboxylic acids is 1. The molecule has 4 nitrogen and oxygen atoms in total. The molecule has 4 heteroatoms. The third kappa shape index (κ3) is 5.62. The molecule has 5 rings (SSSR count). The maximum Gasteiger partial charge on any atom is 0.224 e. The van der Waals surface area contributed by atoms with Gasteiger partial charge in [-0.25, -0.2) is 0 Å². The Morgan fingerprint density at radius 1 is 0.909 bits per heavy atom. The number of benzene rings is 2. The van der Waals surface area contributed by atoms with Gasteiger partial charge in [-0.3, -0.25) is 9.78 Å². The Hall–Kier alpha value is -2.72. The summed E-state index contributed by atoms with van der Waals surface area (Å²) in [7, 11) is 0. The van der Waals surface area contributed by atoms with Crippen LogP contribution in [0.5, 0.6) is 0 Å². The number of fused-ring (bicyclic) bond motifs is 2. The number of hydrogen-bond donors (Lipinski definition) is 1. The first-order valence-electron chi connectivity index (χ1n) is 12.7. The third-order valence-corrected chi connectivity index (χ3v) is 7.67. The van der Waals surface area contributed by atoms with Gasteiger partial charge in [-0.15, -0.1) is 0 Å². The number of pyridine rings is 1. The molecule has 0 radical (unpaired) electrons. The molecule has 3 aromatic rings. The van der Waals surface area contributed by atoms with Crippen molar-refractivity contribution in [2.24, 2.45) is 5.92 Å². The lowest BCUT2D eigenvalue weighted by Crippen LogP contribution is -2.39. The monoisotopic (exact) mass is 441 g/mol. The van der Waals surface area contributed by atoms with Crippen LogP contribution in [0.2, 0.25) is 0 Å². The number of aromatic nitrogens is 1. The summed E-state index contributed by atoms with van der Waals surface area (Å²) in [5, 5.41) is 4.39. The summed E-state index contributed by atoms with van der Waals surface area (Å²) < 4.78 is 0. The number of carbonyl (C=O) groups is 1. The zero-order valence-corrected chi connectivity index (χ0v) is 19.5. The van der Waals surface area contributed by atoms with Crippen LogP contribution in [0.25, 0.3) is 10.9 Å². The van der Waals surface area contributed by atoms with E-state index in [1.54, 1.807) is 6.20 Å². The van der Waals surface area contributed by atoms with Gasteiger partial charge >= 0.3 is 0 Å². The molecule has 2 heterocycles. The van der Waals surface area contributed by atoms with Crippen molar-refractivity contribution in [2.75, 3.05) is 19.6 Å². The predicted molar refractivity (Wildman–Crippen MR) is 134 cm³/mol. The molecule has 1 fully saturated rings. The van der Waals surface area contributed by atoms with Gasteiger partial charge in [0.25, 0.3) is 0 Å². The first-order chi connectivity index (χ1) is 16.2. The van der Waals surface area contributed by atoms with E-state index >= 15 is 0 Å². The van der Waals surface area contributed by atoms with Gasteiger partial charge in [0.05, 0.1) is 11.9 Å². The van der Waals surface area contributed by atoms with Crippen LogP contribution in [0, 0.1) is 5.92 Å². The van der Waals surface area contributed by atoms with E-state index in [2.05, 4.69) is 45.5 Å². The molecule has 2 aromatic carbocycles. The standard InChI is InChI=1S/C29H35N3O/c33-29(21-25-13-17-30-28-8-4-3-7-27(25)28)31-26-11-9-22(10-12-26)14-18-32-19-15-23-5-1-2-6-24(23)16-20-32/h1-8,13,17,22,26H,9-12,14-16,18-21H2,(H,31,33). The maximum atomic E-state index is 12.7. The van der Waals surface area contributed by atoms with Crippen molar-refractivity contribution in [1.82, 2.24) is 15.2 Å². The van der Waals surface area contributed by atoms with Crippen LogP contribution >= 0.6 is 0 Å². The summed E-state index contributed by atoms with van der Waals surface area (Å²) >= 11 is 0. The third-order valence-electron chi connectivity index (χ3n) is 7.67. The van der Waals surface area contributed by atoms with Crippen LogP contribution in [0.15, 0.2) is 60.8 Å². The molecule has 0 unspecified atom stereocenters. The zero-order valence-electron chi connectivity index (χ0n) is 19.5. The van der Waals surface area contributed by atoms with Gasteiger partial charge in [-0.2, -0.15) is 0 Å². The molecule has 1 aliphatic carbocycles. The quantitative estimate of drug-likeness (QED) is 0.589. The van der Waals surface area contributed by atoms with Gasteiger partial charge in [-0.05, 0) is 86.2 Å². The Balaban J connectivity index is 1.05. The molecule has 1 N–H and O–H groups in total. The lowest BCUT2D eigenvalue weighted by Gasteiger charge is -2.30. The van der Waals surface area contributed by atoms with Crippen molar-refractivity contribution in [3.05, 3.63) is 77.5 Å². The SMILES string of the molecule is O=C(Cc1ccnc2ccccc12)NC1CCC(CCN2CCc3ccccc3CC2)CC1. The van der Waals surface area contributed by atoms with E-state index in [4.69, 9.17) is 0 Å². The fourth-order valence-corrected chi connectivity index (χ4v) is 5.66. The average molecular weight is 442 g/mol. The summed E-state index contributed by atoms with van der Waals surface area (Å²) in [6.07, 6.45) is 10.6. The van der Waals surface area contributed by atoms with Crippen LogP contribution in [-0.2, 0) is 24.1 Å². The second-order valence-electron chi connectivity index (χ2n) is 9.85. The van der Waals surface area contributed by atoms with Crippen LogP contribution in [0.4, 0.5) is 0 Å². The van der Waals surface area contributed by atoms with Crippen LogP contribution in [-0.4, -0.2) is 41.5 Å². The molecule has 0 bridgehead atoms. The number of amides is 1. The molecule has 33 heavy (non-hydrogen) atoms. The molecule has 172 valence electrons. The molecule has 1 aliphatic heterocycles. The van der Waals surface area contributed by atoms with E-state index in [-0.39, 0.29) is 5.91 Å². The molecular formula is C29H35N3O. The summed E-state index contributed by atoms with van der Waals surface area (Å²) in [4.78, 5) is 19.8. The minimum Gasteiger partial charge on any atom is -0.353 e. The van der Waals surface area contributed by atoms with Gasteiger partial charge in [0.1, 0.15) is 0 Å². The Morgan fingerprint density at radius 2 is 1.61 bits per heavy atom. The molecule has 1 amide bonds. The second kappa shape index (κ2) is 10.5. The van der Waals surface area contributed by atoms with Gasteiger partial charge in [0.2, 0.25) is 5.91 Å². The topological polar surface area (TPSA) is 45.2 Å². The molecule has 0 spiro atoms. The number of nitrogens with zero attached hydrogens (tertiary/aromatic N) is 2. The molecule has 0 atom stereocenters. The molecule has 2 aliphatic rings. The number of hydrogen-bond acceptors (Lipinski definition) is 3. The Kier molecular flexibility index (Phi) is 7.01. The van der Waals surface area contributed by atoms with Crippen molar-refractivity contribution in [3.63, 3.8) is 0 Å². The second-order valence-corrected chi connectivity index (χ2v) is 9.85. The van der Waals surface area contributed by atoms with Gasteiger partial charge in [-0.1, -0.05) is 42.5 Å². The van der Waals surface area contributed by atoms with Crippen molar-refractivity contribution < 1.29 is 4.79 Å². The van der Waals surface area contributed by atoms with Gasteiger partial charge in [0.15, 0.2) is 0 Å². The van der Waals surface area contributed by atoms with Crippen LogP contribution in [0.3, 0.4) is 0 Å². The zero-order chi connectivity index (χ0) is 22.5. The highest BCUT2D eigenvalue weighted by molar-refractivity contribution is 5.88. The molecule has 0 saturated heterocycles. The smallest absolute Gasteiger partial charge is 0.224 e. The Bertz CT molecular complexity index is 1050. The molecule has 1 saturated carbocycles. The van der Waals surface area contributed by atoms with E-state index in [1.165, 1.54) is 62.9 Å². The van der Waals surface area contributed by atoms with Crippen molar-refractivity contribution in [2.45, 2.75) is 57.4 Å². The predicted octanol–water partition coefficient (Wildman–Crippen LogP) is 4.94. The minimum atomic E-state index is 0.138. The highest BCUT2D eigenvalue weighted by atomic mass is 16.1. The number of nitrogens with one attached hydrogen (secondary N) is 1. The highest BCUT2D eigenvalue weighted by Gasteiger charge is 2.23. The van der Waals surface area contributed by atoms with E-state index < -0.39 is 0 Å². The summed E-state index contributed by atoms with van der Waals surface area (Å²) in [6, 6.07) is 19.3. The first-order valence-corrected chi connectivity index (χ1v) is 12.7. The Morgan fingerprint density at radius 3 is 2.36 bits per heavy atom. The van der Waals surface area contributed by atoms with Crippen molar-refractivity contribution in [1.29, 1.82) is 0 Å². The molecule has 1 aromatic heterocycles. The Labute approximate surface area is 197 Å². The number of rotatable bonds is 6. The van der Waals surface area contributed by atoms with E-state index in [0.717, 1.165) is 35.2 Å². The lowest BCUT2D eigenvalue weighted by molar-refractivity contribution is -0.121. The highest BCUT2D eigenvalue weighted by Crippen LogP contribution is 2.28. The van der Waals surface area contributed by atoms with Crippen molar-refractivity contribution in [3.8, 4) is 0 Å². The van der Waals surface area contributed by atoms with E-state index in [9.17, 15) is 4.79 Å². The number of para-hydroxylation sites is 1. The van der Waals surface area contributed by atoms with Gasteiger partial charge in [0, 0.05) is 30.7 Å². The largest absolute Gasteiger partial charge is 0.353 e. The fraction of sp³-hybridized carbons (Fsp3) is 0.448. The minimum absolute atomic E-state index is 0.138. The van der Waals surface area contributed by atoms with Crippen molar-refractivity contribution >= 4 is 16.8 Å². The van der Waals surface area contributed by atoms with E-state index in [1.807, 2.05) is 24.3 Å². The molecular weight excluding hydrogens is 406 g/mol. The lowest BCUT2D eigenvalue weighted by atomic mass is 9.84. The average Bonchev–Trinajstić information content (AvgIpc) is 3.06. The van der Waals surface area contributed by atoms with Crippen LogP contribution in [0.1, 0.15) is 48.8 Å². The van der Waals surface area contributed by atoms with Crippen LogP contribution < -0.4 is 5.32 Å². The normalized spacial score (nSPS) is 21.3. The van der Waals surface area contributed by atoms with Gasteiger partial charge < -0.3 is 10.2 Å². The fourth-order valence-electron chi connectivity index (χ4n) is 5.66. The van der Waals surface area contributed by atoms with E-state index in [0.29, 0.717) is 12.5 Å². The summed E-state index contributed by atoms with van der Waals surface area (Å²) in [5.74, 6) is 0.937. The first kappa shape index (κ1) is 22.1.